The molecule has 10 nitrogen and oxygen atoms in total. The van der Waals surface area contributed by atoms with Gasteiger partial charge in [-0.15, -0.1) is 0 Å². The second-order valence-corrected chi connectivity index (χ2v) is 11.9. The van der Waals surface area contributed by atoms with Gasteiger partial charge in [-0.2, -0.15) is 5.10 Å². The standard InChI is InChI=1S/C21H31N5O5S2/c1-12-17(26-20(23-12)32-19(24-26)21(2,3)11-27)13-9-16(18(31-4)22-10-13)33(29,30)25-14-5-7-15(28)8-6-14/h9-10,14-15,18,22,25,27-28H,5-8,11H2,1-4H3. The molecule has 2 aromatic heterocycles. The van der Waals surface area contributed by atoms with Crippen LogP contribution in [0.5, 0.6) is 0 Å². The topological polar surface area (TPSA) is 138 Å². The van der Waals surface area contributed by atoms with Crippen LogP contribution >= 0.6 is 11.3 Å². The number of hydrogen-bond donors (Lipinski definition) is 4. The van der Waals surface area contributed by atoms with Gasteiger partial charge in [0.1, 0.15) is 9.91 Å². The van der Waals surface area contributed by atoms with Crippen LogP contribution in [0, 0.1) is 6.92 Å². The summed E-state index contributed by atoms with van der Waals surface area (Å²) in [4.78, 5) is 5.35. The molecule has 1 atom stereocenters. The quantitative estimate of drug-likeness (QED) is 0.450. The average molecular weight is 498 g/mol. The van der Waals surface area contributed by atoms with Crippen molar-refractivity contribution in [3.8, 4) is 0 Å². The summed E-state index contributed by atoms with van der Waals surface area (Å²) < 4.78 is 36.5. The number of rotatable bonds is 7. The van der Waals surface area contributed by atoms with E-state index in [0.717, 1.165) is 5.01 Å². The third kappa shape index (κ3) is 4.73. The number of allylic oxidation sites excluding steroid dienone is 2. The number of aromatic nitrogens is 3. The monoisotopic (exact) mass is 497 g/mol. The number of aryl methyl sites for hydroxylation is 1. The maximum Gasteiger partial charge on any atom is 0.241 e. The van der Waals surface area contributed by atoms with Gasteiger partial charge in [0.2, 0.25) is 15.0 Å². The molecule has 0 amide bonds. The molecule has 1 aliphatic carbocycles. The van der Waals surface area contributed by atoms with E-state index in [-0.39, 0.29) is 23.7 Å². The summed E-state index contributed by atoms with van der Waals surface area (Å²) >= 11 is 1.40. The van der Waals surface area contributed by atoms with Crippen LogP contribution in [0.25, 0.3) is 10.5 Å². The lowest BCUT2D eigenvalue weighted by atomic mass is 9.94. The zero-order chi connectivity index (χ0) is 24.0. The minimum absolute atomic E-state index is 0.0517. The van der Waals surface area contributed by atoms with E-state index in [9.17, 15) is 18.6 Å². The number of aliphatic hydroxyl groups excluding tert-OH is 2. The molecule has 1 fully saturated rings. The summed E-state index contributed by atoms with van der Waals surface area (Å²) in [5.41, 5.74) is 1.50. The highest BCUT2D eigenvalue weighted by molar-refractivity contribution is 7.93. The summed E-state index contributed by atoms with van der Waals surface area (Å²) in [6.07, 6.45) is 4.43. The van der Waals surface area contributed by atoms with Crippen LogP contribution in [0.15, 0.2) is 17.2 Å². The number of dihydropyridines is 1. The van der Waals surface area contributed by atoms with Crippen molar-refractivity contribution in [2.45, 2.75) is 70.2 Å². The summed E-state index contributed by atoms with van der Waals surface area (Å²) in [6, 6.07) is -0.226. The molecule has 2 aromatic rings. The Morgan fingerprint density at radius 2 is 2.03 bits per heavy atom. The Morgan fingerprint density at radius 1 is 1.33 bits per heavy atom. The molecule has 2 aliphatic rings. The lowest BCUT2D eigenvalue weighted by Crippen LogP contribution is -2.44. The summed E-state index contributed by atoms with van der Waals surface area (Å²) in [6.45, 7) is 5.61. The number of fused-ring (bicyclic) bond motifs is 1. The van der Waals surface area contributed by atoms with Crippen molar-refractivity contribution in [2.75, 3.05) is 13.7 Å². The minimum atomic E-state index is -3.85. The Hall–Kier alpha value is -1.83. The first-order chi connectivity index (χ1) is 15.6. The summed E-state index contributed by atoms with van der Waals surface area (Å²) in [5, 5.41) is 27.9. The molecule has 0 bridgehead atoms. The molecule has 1 unspecified atom stereocenters. The molecule has 12 heteroatoms. The van der Waals surface area contributed by atoms with Gasteiger partial charge in [-0.05, 0) is 38.7 Å². The molecule has 0 saturated heterocycles. The van der Waals surface area contributed by atoms with E-state index in [1.54, 1.807) is 16.8 Å². The molecule has 1 aliphatic heterocycles. The van der Waals surface area contributed by atoms with Crippen molar-refractivity contribution in [3.63, 3.8) is 0 Å². The van der Waals surface area contributed by atoms with Crippen LogP contribution in [0.3, 0.4) is 0 Å². The van der Waals surface area contributed by atoms with E-state index in [4.69, 9.17) is 4.74 Å². The third-order valence-electron chi connectivity index (χ3n) is 6.14. The number of nitrogens with zero attached hydrogens (tertiary/aromatic N) is 3. The fourth-order valence-corrected chi connectivity index (χ4v) is 6.64. The largest absolute Gasteiger partial charge is 0.395 e. The molecule has 0 spiro atoms. The maximum atomic E-state index is 13.3. The molecular formula is C21H31N5O5S2. The predicted octanol–water partition coefficient (Wildman–Crippen LogP) is 1.39. The van der Waals surface area contributed by atoms with E-state index in [0.29, 0.717) is 47.6 Å². The number of ether oxygens (including phenoxy) is 1. The smallest absolute Gasteiger partial charge is 0.241 e. The van der Waals surface area contributed by atoms with Crippen LogP contribution in [0.1, 0.15) is 55.9 Å². The van der Waals surface area contributed by atoms with E-state index < -0.39 is 21.7 Å². The molecule has 33 heavy (non-hydrogen) atoms. The van der Waals surface area contributed by atoms with Gasteiger partial charge in [-0.25, -0.2) is 22.6 Å². The van der Waals surface area contributed by atoms with Gasteiger partial charge >= 0.3 is 0 Å². The minimum Gasteiger partial charge on any atom is -0.395 e. The van der Waals surface area contributed by atoms with Crippen molar-refractivity contribution in [3.05, 3.63) is 33.6 Å². The van der Waals surface area contributed by atoms with Crippen LogP contribution in [0.4, 0.5) is 0 Å². The fraction of sp³-hybridized carbons (Fsp3) is 0.619. The van der Waals surface area contributed by atoms with Crippen LogP contribution in [-0.4, -0.2) is 65.3 Å². The van der Waals surface area contributed by atoms with Gasteiger partial charge in [-0.3, -0.25) is 0 Å². The van der Waals surface area contributed by atoms with Crippen LogP contribution in [-0.2, 0) is 20.2 Å². The van der Waals surface area contributed by atoms with Gasteiger partial charge < -0.3 is 20.3 Å². The maximum absolute atomic E-state index is 13.3. The van der Waals surface area contributed by atoms with Crippen molar-refractivity contribution >= 4 is 31.9 Å². The van der Waals surface area contributed by atoms with Crippen molar-refractivity contribution in [1.82, 2.24) is 24.6 Å². The first kappa shape index (κ1) is 24.3. The summed E-state index contributed by atoms with van der Waals surface area (Å²) in [5.74, 6) is 0. The van der Waals surface area contributed by atoms with E-state index >= 15 is 0 Å². The van der Waals surface area contributed by atoms with Gasteiger partial charge in [-0.1, -0.05) is 25.2 Å². The second kappa shape index (κ2) is 9.08. The zero-order valence-corrected chi connectivity index (χ0v) is 20.8. The first-order valence-corrected chi connectivity index (χ1v) is 13.2. The third-order valence-corrected chi connectivity index (χ3v) is 9.01. The van der Waals surface area contributed by atoms with Gasteiger partial charge in [0.25, 0.3) is 0 Å². The first-order valence-electron chi connectivity index (χ1n) is 10.9. The molecular weight excluding hydrogens is 466 g/mol. The fourth-order valence-electron chi connectivity index (χ4n) is 4.06. The second-order valence-electron chi connectivity index (χ2n) is 9.24. The van der Waals surface area contributed by atoms with Crippen LogP contribution in [0.2, 0.25) is 0 Å². The highest BCUT2D eigenvalue weighted by atomic mass is 32.2. The highest BCUT2D eigenvalue weighted by Crippen LogP contribution is 2.33. The number of aliphatic hydroxyl groups is 2. The number of methoxy groups -OCH3 is 1. The zero-order valence-electron chi connectivity index (χ0n) is 19.2. The van der Waals surface area contributed by atoms with Gasteiger partial charge in [0.15, 0.2) is 6.23 Å². The average Bonchev–Trinajstić information content (AvgIpc) is 3.32. The van der Waals surface area contributed by atoms with Gasteiger partial charge in [0, 0.05) is 30.3 Å². The Labute approximate surface area is 197 Å². The van der Waals surface area contributed by atoms with Gasteiger partial charge in [0.05, 0.1) is 24.1 Å². The lowest BCUT2D eigenvalue weighted by Gasteiger charge is -2.29. The Balaban J connectivity index is 1.70. The summed E-state index contributed by atoms with van der Waals surface area (Å²) in [7, 11) is -2.41. The van der Waals surface area contributed by atoms with E-state index in [1.807, 2.05) is 20.8 Å². The Morgan fingerprint density at radius 3 is 2.67 bits per heavy atom. The molecule has 0 aromatic carbocycles. The lowest BCUT2D eigenvalue weighted by molar-refractivity contribution is 0.117. The highest BCUT2D eigenvalue weighted by Gasteiger charge is 2.34. The molecule has 3 heterocycles. The number of imidazole rings is 1. The molecule has 182 valence electrons. The Kier molecular flexibility index (Phi) is 6.69. The molecule has 0 radical (unpaired) electrons. The van der Waals surface area contributed by atoms with E-state index in [2.05, 4.69) is 20.1 Å². The molecule has 4 N–H and O–H groups in total. The van der Waals surface area contributed by atoms with Crippen molar-refractivity contribution in [2.24, 2.45) is 0 Å². The number of sulfonamides is 1. The van der Waals surface area contributed by atoms with Crippen molar-refractivity contribution < 1.29 is 23.4 Å². The number of hydrogen-bond acceptors (Lipinski definition) is 9. The molecule has 4 rings (SSSR count). The number of nitrogens with one attached hydrogen (secondary N) is 2. The normalized spacial score (nSPS) is 24.5. The molecule has 1 saturated carbocycles. The SMILES string of the molecule is COC1NC=C(c2c(C)nc3sc(C(C)(C)CO)nn23)C=C1S(=O)(=O)NC1CCC(O)CC1. The van der Waals surface area contributed by atoms with E-state index in [1.165, 1.54) is 18.4 Å². The predicted molar refractivity (Wildman–Crippen MR) is 126 cm³/mol. The Bertz CT molecular complexity index is 1190. The van der Waals surface area contributed by atoms with Crippen LogP contribution < -0.4 is 10.0 Å². The van der Waals surface area contributed by atoms with Crippen molar-refractivity contribution in [1.29, 1.82) is 0 Å².